The number of tetrazole rings is 1. The Hall–Kier alpha value is -3.82. The molecule has 170 valence electrons. The molecule has 5 rings (SSSR count). The van der Waals surface area contributed by atoms with Crippen LogP contribution >= 0.6 is 0 Å². The summed E-state index contributed by atoms with van der Waals surface area (Å²) < 4.78 is 22.9. The Balaban J connectivity index is 1.51. The number of halogens is 1. The van der Waals surface area contributed by atoms with Crippen molar-refractivity contribution in [1.82, 2.24) is 35.2 Å². The first-order valence-corrected chi connectivity index (χ1v) is 10.9. The summed E-state index contributed by atoms with van der Waals surface area (Å²) in [4.78, 5) is 2.27. The Morgan fingerprint density at radius 1 is 1.09 bits per heavy atom. The predicted molar refractivity (Wildman–Crippen MR) is 120 cm³/mol. The number of anilines is 1. The highest BCUT2D eigenvalue weighted by Crippen LogP contribution is 2.45. The van der Waals surface area contributed by atoms with Gasteiger partial charge in [-0.2, -0.15) is 0 Å². The van der Waals surface area contributed by atoms with Crippen molar-refractivity contribution in [2.75, 3.05) is 19.1 Å². The number of methoxy groups -OCH3 is 1. The van der Waals surface area contributed by atoms with Crippen LogP contribution in [0.3, 0.4) is 0 Å². The minimum absolute atomic E-state index is 0.182. The molecule has 0 spiro atoms. The van der Waals surface area contributed by atoms with Crippen molar-refractivity contribution in [3.8, 4) is 11.4 Å². The Morgan fingerprint density at radius 3 is 2.64 bits per heavy atom. The van der Waals surface area contributed by atoms with Gasteiger partial charge in [0, 0.05) is 31.7 Å². The number of aromatic nitrogens is 7. The molecule has 2 heterocycles. The molecule has 3 atom stereocenters. The van der Waals surface area contributed by atoms with Gasteiger partial charge in [0.05, 0.1) is 24.7 Å². The van der Waals surface area contributed by atoms with Gasteiger partial charge in [-0.05, 0) is 65.1 Å². The van der Waals surface area contributed by atoms with E-state index < -0.39 is 0 Å². The molecule has 2 aromatic carbocycles. The lowest BCUT2D eigenvalue weighted by atomic mass is 9.85. The standard InChI is InChI=1S/C23H25FN8O/c1-30(21-13-19(8-10-22(21)33-2)32-15-26-27-29-32)20-9-5-17(14-31-12-11-25-28-31)23(20)16-3-6-18(24)7-4-16/h3-4,6-8,10-13,15,17,20,23H,5,9,14H2,1-2H3. The van der Waals surface area contributed by atoms with Crippen LogP contribution in [0.25, 0.3) is 5.69 Å². The number of hydrogen-bond donors (Lipinski definition) is 0. The molecule has 0 bridgehead atoms. The highest BCUT2D eigenvalue weighted by molar-refractivity contribution is 5.63. The van der Waals surface area contributed by atoms with Gasteiger partial charge in [-0.25, -0.2) is 9.07 Å². The Morgan fingerprint density at radius 2 is 1.94 bits per heavy atom. The van der Waals surface area contributed by atoms with E-state index in [1.807, 2.05) is 41.2 Å². The fourth-order valence-corrected chi connectivity index (χ4v) is 5.00. The number of nitrogens with zero attached hydrogens (tertiary/aromatic N) is 8. The molecule has 0 saturated heterocycles. The quantitative estimate of drug-likeness (QED) is 0.429. The van der Waals surface area contributed by atoms with E-state index >= 15 is 0 Å². The van der Waals surface area contributed by atoms with Gasteiger partial charge in [0.2, 0.25) is 0 Å². The highest BCUT2D eigenvalue weighted by Gasteiger charge is 2.40. The fraction of sp³-hybridized carbons (Fsp3) is 0.348. The Kier molecular flexibility index (Phi) is 5.72. The van der Waals surface area contributed by atoms with Crippen molar-refractivity contribution >= 4 is 5.69 Å². The maximum Gasteiger partial charge on any atom is 0.143 e. The third-order valence-corrected chi connectivity index (χ3v) is 6.56. The van der Waals surface area contributed by atoms with Crippen LogP contribution in [0.2, 0.25) is 0 Å². The van der Waals surface area contributed by atoms with Crippen molar-refractivity contribution in [3.05, 3.63) is 72.6 Å². The topological polar surface area (TPSA) is 86.8 Å². The lowest BCUT2D eigenvalue weighted by molar-refractivity contribution is 0.371. The minimum Gasteiger partial charge on any atom is -0.495 e. The Labute approximate surface area is 190 Å². The van der Waals surface area contributed by atoms with Crippen LogP contribution < -0.4 is 9.64 Å². The summed E-state index contributed by atoms with van der Waals surface area (Å²) in [7, 11) is 3.75. The van der Waals surface area contributed by atoms with Crippen LogP contribution in [-0.4, -0.2) is 55.4 Å². The molecule has 33 heavy (non-hydrogen) atoms. The third kappa shape index (κ3) is 4.15. The first-order valence-electron chi connectivity index (χ1n) is 10.9. The molecule has 4 aromatic rings. The molecular formula is C23H25FN8O. The average Bonchev–Trinajstić information content (AvgIpc) is 3.62. The smallest absolute Gasteiger partial charge is 0.143 e. The van der Waals surface area contributed by atoms with Gasteiger partial charge in [-0.1, -0.05) is 17.3 Å². The molecule has 1 saturated carbocycles. The molecule has 0 N–H and O–H groups in total. The van der Waals surface area contributed by atoms with E-state index in [0.29, 0.717) is 5.92 Å². The number of rotatable bonds is 7. The maximum absolute atomic E-state index is 13.7. The van der Waals surface area contributed by atoms with Gasteiger partial charge in [-0.3, -0.25) is 4.68 Å². The first-order chi connectivity index (χ1) is 16.1. The second-order valence-electron chi connectivity index (χ2n) is 8.33. The van der Waals surface area contributed by atoms with E-state index in [1.165, 1.54) is 12.1 Å². The van der Waals surface area contributed by atoms with Crippen molar-refractivity contribution < 1.29 is 9.13 Å². The zero-order chi connectivity index (χ0) is 22.8. The molecule has 0 radical (unpaired) electrons. The number of hydrogen-bond acceptors (Lipinski definition) is 7. The molecule has 2 aromatic heterocycles. The van der Waals surface area contributed by atoms with E-state index in [4.69, 9.17) is 4.74 Å². The van der Waals surface area contributed by atoms with Crippen LogP contribution in [-0.2, 0) is 6.54 Å². The van der Waals surface area contributed by atoms with Crippen LogP contribution in [0.1, 0.15) is 24.3 Å². The lowest BCUT2D eigenvalue weighted by Crippen LogP contribution is -2.36. The summed E-state index contributed by atoms with van der Waals surface area (Å²) in [6.45, 7) is 0.758. The summed E-state index contributed by atoms with van der Waals surface area (Å²) in [5.74, 6) is 1.05. The summed E-state index contributed by atoms with van der Waals surface area (Å²) >= 11 is 0. The van der Waals surface area contributed by atoms with Crippen LogP contribution in [0.4, 0.5) is 10.1 Å². The molecular weight excluding hydrogens is 423 g/mol. The summed E-state index contributed by atoms with van der Waals surface area (Å²) in [5, 5.41) is 19.6. The zero-order valence-corrected chi connectivity index (χ0v) is 18.5. The van der Waals surface area contributed by atoms with Gasteiger partial charge in [0.25, 0.3) is 0 Å². The van der Waals surface area contributed by atoms with Gasteiger partial charge in [0.1, 0.15) is 17.9 Å². The third-order valence-electron chi connectivity index (χ3n) is 6.56. The van der Waals surface area contributed by atoms with Gasteiger partial charge >= 0.3 is 0 Å². The van der Waals surface area contributed by atoms with Crippen LogP contribution in [0.15, 0.2) is 61.2 Å². The van der Waals surface area contributed by atoms with Crippen molar-refractivity contribution in [2.45, 2.75) is 31.3 Å². The second-order valence-corrected chi connectivity index (χ2v) is 8.33. The molecule has 1 fully saturated rings. The highest BCUT2D eigenvalue weighted by atomic mass is 19.1. The molecule has 3 unspecified atom stereocenters. The van der Waals surface area contributed by atoms with E-state index in [2.05, 4.69) is 37.8 Å². The second kappa shape index (κ2) is 8.97. The van der Waals surface area contributed by atoms with Crippen LogP contribution in [0.5, 0.6) is 5.75 Å². The SMILES string of the molecule is COc1ccc(-n2cnnn2)cc1N(C)C1CCC(Cn2ccnn2)C1c1ccc(F)cc1. The van der Waals surface area contributed by atoms with Gasteiger partial charge in [-0.15, -0.1) is 10.2 Å². The van der Waals surface area contributed by atoms with E-state index in [-0.39, 0.29) is 17.8 Å². The van der Waals surface area contributed by atoms with Gasteiger partial charge < -0.3 is 9.64 Å². The monoisotopic (exact) mass is 448 g/mol. The lowest BCUT2D eigenvalue weighted by Gasteiger charge is -2.35. The minimum atomic E-state index is -0.231. The number of ether oxygens (including phenoxy) is 1. The summed E-state index contributed by atoms with van der Waals surface area (Å²) in [6.07, 6.45) is 7.15. The summed E-state index contributed by atoms with van der Waals surface area (Å²) in [5.41, 5.74) is 2.91. The van der Waals surface area contributed by atoms with E-state index in [9.17, 15) is 4.39 Å². The fourth-order valence-electron chi connectivity index (χ4n) is 5.00. The number of likely N-dealkylation sites (N-methyl/N-ethyl adjacent to an activating group) is 1. The van der Waals surface area contributed by atoms with Gasteiger partial charge in [0.15, 0.2) is 0 Å². The van der Waals surface area contributed by atoms with Crippen molar-refractivity contribution in [3.63, 3.8) is 0 Å². The summed E-state index contributed by atoms with van der Waals surface area (Å²) in [6, 6.07) is 12.9. The molecule has 1 aliphatic carbocycles. The largest absolute Gasteiger partial charge is 0.495 e. The van der Waals surface area contributed by atoms with Crippen molar-refractivity contribution in [1.29, 1.82) is 0 Å². The van der Waals surface area contributed by atoms with E-state index in [1.54, 1.807) is 24.3 Å². The maximum atomic E-state index is 13.7. The molecule has 0 aliphatic heterocycles. The first kappa shape index (κ1) is 21.0. The normalized spacial score (nSPS) is 20.2. The van der Waals surface area contributed by atoms with E-state index in [0.717, 1.165) is 42.1 Å². The average molecular weight is 449 g/mol. The van der Waals surface area contributed by atoms with Crippen molar-refractivity contribution in [2.24, 2.45) is 5.92 Å². The number of benzene rings is 2. The van der Waals surface area contributed by atoms with Crippen LogP contribution in [0, 0.1) is 11.7 Å². The molecule has 9 nitrogen and oxygen atoms in total. The molecule has 0 amide bonds. The zero-order valence-electron chi connectivity index (χ0n) is 18.5. The predicted octanol–water partition coefficient (Wildman–Crippen LogP) is 3.10. The molecule has 1 aliphatic rings. The molecule has 10 heteroatoms. The Bertz CT molecular complexity index is 1180.